The largest absolute Gasteiger partial charge is 0.490 e. The van der Waals surface area contributed by atoms with Crippen LogP contribution in [0, 0.1) is 6.92 Å². The van der Waals surface area contributed by atoms with Crippen molar-refractivity contribution in [2.45, 2.75) is 26.7 Å². The Bertz CT molecular complexity index is 488. The van der Waals surface area contributed by atoms with E-state index in [0.717, 1.165) is 24.4 Å². The van der Waals surface area contributed by atoms with Crippen molar-refractivity contribution in [2.75, 3.05) is 19.7 Å². The van der Waals surface area contributed by atoms with Crippen molar-refractivity contribution in [3.05, 3.63) is 27.7 Å². The Kier molecular flexibility index (Phi) is 11.2. The van der Waals surface area contributed by atoms with E-state index in [1.54, 1.807) is 6.07 Å². The molecule has 0 saturated carbocycles. The summed E-state index contributed by atoms with van der Waals surface area (Å²) in [5.41, 5.74) is 0.969. The van der Waals surface area contributed by atoms with Crippen LogP contribution >= 0.6 is 23.2 Å². The number of carboxylic acid groups (broad SMARTS) is 2. The molecule has 0 aliphatic carbocycles. The minimum Gasteiger partial charge on any atom is -0.490 e. The smallest absolute Gasteiger partial charge is 0.414 e. The van der Waals surface area contributed by atoms with E-state index in [1.807, 2.05) is 13.0 Å². The van der Waals surface area contributed by atoms with Crippen LogP contribution in [0.4, 0.5) is 0 Å². The molecule has 0 spiro atoms. The van der Waals surface area contributed by atoms with E-state index >= 15 is 0 Å². The molecule has 0 amide bonds. The van der Waals surface area contributed by atoms with Crippen LogP contribution in [0.15, 0.2) is 12.1 Å². The van der Waals surface area contributed by atoms with E-state index < -0.39 is 11.9 Å². The molecule has 130 valence electrons. The Morgan fingerprint density at radius 2 is 1.78 bits per heavy atom. The number of halogens is 2. The summed E-state index contributed by atoms with van der Waals surface area (Å²) in [4.78, 5) is 18.2. The number of ether oxygens (including phenoxy) is 1. The van der Waals surface area contributed by atoms with Crippen LogP contribution in [-0.4, -0.2) is 41.8 Å². The van der Waals surface area contributed by atoms with Crippen molar-refractivity contribution in [1.82, 2.24) is 5.32 Å². The van der Waals surface area contributed by atoms with Crippen LogP contribution in [0.3, 0.4) is 0 Å². The van der Waals surface area contributed by atoms with Gasteiger partial charge in [0.2, 0.25) is 0 Å². The number of hydrogen-bond donors (Lipinski definition) is 3. The maximum atomic E-state index is 9.10. The van der Waals surface area contributed by atoms with E-state index in [1.165, 1.54) is 12.8 Å². The lowest BCUT2D eigenvalue weighted by atomic mass is 10.2. The third-order valence-corrected chi connectivity index (χ3v) is 3.11. The van der Waals surface area contributed by atoms with Crippen molar-refractivity contribution < 1.29 is 24.5 Å². The molecule has 0 radical (unpaired) electrons. The SMILES string of the molecule is CCCCNCCOc1c(C)cc(Cl)cc1Cl.O=C(O)C(=O)O. The first-order valence-corrected chi connectivity index (χ1v) is 7.80. The zero-order valence-electron chi connectivity index (χ0n) is 13.1. The normalized spacial score (nSPS) is 9.74. The molecule has 8 heteroatoms. The lowest BCUT2D eigenvalue weighted by molar-refractivity contribution is -0.159. The Balaban J connectivity index is 0.000000688. The number of aryl methyl sites for hydroxylation is 1. The van der Waals surface area contributed by atoms with Crippen LogP contribution in [0.5, 0.6) is 5.75 Å². The molecule has 0 saturated heterocycles. The van der Waals surface area contributed by atoms with Crippen LogP contribution in [0.1, 0.15) is 25.3 Å². The predicted octanol–water partition coefficient (Wildman–Crippen LogP) is 3.23. The Morgan fingerprint density at radius 1 is 1.17 bits per heavy atom. The van der Waals surface area contributed by atoms with Gasteiger partial charge < -0.3 is 20.3 Å². The van der Waals surface area contributed by atoms with Gasteiger partial charge in [-0.05, 0) is 37.6 Å². The van der Waals surface area contributed by atoms with Crippen LogP contribution < -0.4 is 10.1 Å². The molecule has 0 aliphatic heterocycles. The molecule has 0 aliphatic rings. The van der Waals surface area contributed by atoms with Crippen LogP contribution in [0.2, 0.25) is 10.0 Å². The van der Waals surface area contributed by atoms with Crippen molar-refractivity contribution in [3.63, 3.8) is 0 Å². The Morgan fingerprint density at radius 3 is 2.26 bits per heavy atom. The second kappa shape index (κ2) is 12.0. The maximum Gasteiger partial charge on any atom is 0.414 e. The highest BCUT2D eigenvalue weighted by atomic mass is 35.5. The number of aliphatic carboxylic acids is 2. The Labute approximate surface area is 145 Å². The first-order valence-electron chi connectivity index (χ1n) is 7.05. The fourth-order valence-corrected chi connectivity index (χ4v) is 2.17. The van der Waals surface area contributed by atoms with Gasteiger partial charge in [0, 0.05) is 11.6 Å². The molecule has 0 atom stereocenters. The van der Waals surface area contributed by atoms with Gasteiger partial charge in [-0.3, -0.25) is 0 Å². The van der Waals surface area contributed by atoms with Crippen molar-refractivity contribution in [1.29, 1.82) is 0 Å². The standard InChI is InChI=1S/C13H19Cl2NO.C2H2O4/c1-3-4-5-16-6-7-17-13-10(2)8-11(14)9-12(13)15;3-1(4)2(5)6/h8-9,16H,3-7H2,1-2H3;(H,3,4)(H,5,6). The van der Waals surface area contributed by atoms with Gasteiger partial charge in [0.15, 0.2) is 0 Å². The summed E-state index contributed by atoms with van der Waals surface area (Å²) in [5.74, 6) is -2.92. The molecule has 0 bridgehead atoms. The summed E-state index contributed by atoms with van der Waals surface area (Å²) in [6.07, 6.45) is 2.40. The summed E-state index contributed by atoms with van der Waals surface area (Å²) in [6, 6.07) is 3.56. The summed E-state index contributed by atoms with van der Waals surface area (Å²) in [7, 11) is 0. The van der Waals surface area contributed by atoms with Crippen molar-refractivity contribution in [2.24, 2.45) is 0 Å². The summed E-state index contributed by atoms with van der Waals surface area (Å²) < 4.78 is 5.65. The summed E-state index contributed by atoms with van der Waals surface area (Å²) in [5, 5.41) is 19.3. The third kappa shape index (κ3) is 9.99. The molecule has 0 unspecified atom stereocenters. The van der Waals surface area contributed by atoms with Crippen LogP contribution in [-0.2, 0) is 9.59 Å². The van der Waals surface area contributed by atoms with Crippen molar-refractivity contribution in [3.8, 4) is 5.75 Å². The number of benzene rings is 1. The quantitative estimate of drug-likeness (QED) is 0.507. The second-order valence-corrected chi connectivity index (χ2v) is 5.44. The predicted molar refractivity (Wildman–Crippen MR) is 89.7 cm³/mol. The maximum absolute atomic E-state index is 9.10. The van der Waals surface area contributed by atoms with Crippen molar-refractivity contribution >= 4 is 35.1 Å². The fourth-order valence-electron chi connectivity index (χ4n) is 1.52. The molecule has 1 aromatic carbocycles. The highest BCUT2D eigenvalue weighted by molar-refractivity contribution is 6.35. The first kappa shape index (κ1) is 21.5. The van der Waals surface area contributed by atoms with E-state index in [0.29, 0.717) is 16.7 Å². The second-order valence-electron chi connectivity index (χ2n) is 4.60. The molecule has 1 rings (SSSR count). The number of hydrogen-bond acceptors (Lipinski definition) is 4. The van der Waals surface area contributed by atoms with Gasteiger partial charge in [-0.2, -0.15) is 0 Å². The number of carboxylic acids is 2. The number of nitrogens with one attached hydrogen (secondary N) is 1. The topological polar surface area (TPSA) is 95.9 Å². The van der Waals surface area contributed by atoms with Gasteiger partial charge in [-0.25, -0.2) is 9.59 Å². The molecule has 23 heavy (non-hydrogen) atoms. The fraction of sp³-hybridized carbons (Fsp3) is 0.467. The monoisotopic (exact) mass is 365 g/mol. The molecule has 0 fully saturated rings. The third-order valence-electron chi connectivity index (χ3n) is 2.61. The molecular formula is C15H21Cl2NO5. The molecule has 0 aromatic heterocycles. The highest BCUT2D eigenvalue weighted by Gasteiger charge is 2.07. The molecule has 0 heterocycles. The summed E-state index contributed by atoms with van der Waals surface area (Å²) in [6.45, 7) is 6.60. The van der Waals surface area contributed by atoms with E-state index in [9.17, 15) is 0 Å². The van der Waals surface area contributed by atoms with E-state index in [4.69, 9.17) is 47.7 Å². The molecule has 1 aromatic rings. The lowest BCUT2D eigenvalue weighted by Gasteiger charge is -2.11. The molecule has 6 nitrogen and oxygen atoms in total. The van der Waals surface area contributed by atoms with Gasteiger partial charge in [0.25, 0.3) is 0 Å². The van der Waals surface area contributed by atoms with Gasteiger partial charge in [0.1, 0.15) is 12.4 Å². The average Bonchev–Trinajstić information content (AvgIpc) is 2.45. The van der Waals surface area contributed by atoms with E-state index in [-0.39, 0.29) is 0 Å². The zero-order valence-corrected chi connectivity index (χ0v) is 14.6. The van der Waals surface area contributed by atoms with Gasteiger partial charge in [-0.1, -0.05) is 36.5 Å². The van der Waals surface area contributed by atoms with Gasteiger partial charge >= 0.3 is 11.9 Å². The number of unbranched alkanes of at least 4 members (excludes halogenated alkanes) is 1. The lowest BCUT2D eigenvalue weighted by Crippen LogP contribution is -2.22. The first-order chi connectivity index (χ1) is 10.8. The highest BCUT2D eigenvalue weighted by Crippen LogP contribution is 2.31. The number of carbonyl (C=O) groups is 2. The van der Waals surface area contributed by atoms with Gasteiger partial charge in [-0.15, -0.1) is 0 Å². The van der Waals surface area contributed by atoms with Gasteiger partial charge in [0.05, 0.1) is 5.02 Å². The Hall–Kier alpha value is -1.50. The number of rotatable bonds is 7. The van der Waals surface area contributed by atoms with E-state index in [2.05, 4.69) is 12.2 Å². The van der Waals surface area contributed by atoms with Crippen LogP contribution in [0.25, 0.3) is 0 Å². The molecular weight excluding hydrogens is 345 g/mol. The summed E-state index contributed by atoms with van der Waals surface area (Å²) >= 11 is 12.0. The minimum atomic E-state index is -1.82. The minimum absolute atomic E-state index is 0.573. The molecule has 3 N–H and O–H groups in total. The zero-order chi connectivity index (χ0) is 17.8. The average molecular weight is 366 g/mol.